The molecule has 0 unspecified atom stereocenters. The van der Waals surface area contributed by atoms with Gasteiger partial charge in [-0.05, 0) is 12.0 Å². The molecule has 1 aliphatic rings. The Balaban J connectivity index is 2.12. The summed E-state index contributed by atoms with van der Waals surface area (Å²) in [4.78, 5) is 24.4. The van der Waals surface area contributed by atoms with Gasteiger partial charge < -0.3 is 5.11 Å². The Morgan fingerprint density at radius 1 is 1.39 bits per heavy atom. The maximum absolute atomic E-state index is 11.7. The molecule has 1 fully saturated rings. The second-order valence-corrected chi connectivity index (χ2v) is 4.68. The highest BCUT2D eigenvalue weighted by Gasteiger charge is 2.38. The number of carbonyl (C=O) groups excluding carboxylic acids is 1. The summed E-state index contributed by atoms with van der Waals surface area (Å²) in [6, 6.07) is 8.68. The zero-order valence-electron chi connectivity index (χ0n) is 9.70. The number of carboxylic acids is 1. The number of carbonyl (C=O) groups is 2. The van der Waals surface area contributed by atoms with Crippen LogP contribution in [-0.4, -0.2) is 32.9 Å². The van der Waals surface area contributed by atoms with E-state index in [4.69, 9.17) is 17.3 Å². The van der Waals surface area contributed by atoms with Crippen LogP contribution in [0.4, 0.5) is 0 Å². The third-order valence-corrected chi connectivity index (χ3v) is 3.30. The molecule has 1 N–H and O–H groups in total. The number of nitrogens with zero attached hydrogens (tertiary/aromatic N) is 1. The predicted molar refractivity (Wildman–Crippen MR) is 70.2 cm³/mol. The molecule has 0 saturated carbocycles. The summed E-state index contributed by atoms with van der Waals surface area (Å²) in [7, 11) is 0. The zero-order chi connectivity index (χ0) is 13.1. The van der Waals surface area contributed by atoms with Crippen LogP contribution in [0.15, 0.2) is 30.3 Å². The number of amides is 1. The molecule has 18 heavy (non-hydrogen) atoms. The van der Waals surface area contributed by atoms with Crippen LogP contribution < -0.4 is 0 Å². The standard InChI is InChI=1S/C13H13NO3S/c15-11-7-6-10(13(16)17)14(11)12(18)8-9-4-2-1-3-5-9/h1-5,10H,6-8H2,(H,16,17)/t10-/m0/s1. The van der Waals surface area contributed by atoms with Crippen molar-refractivity contribution >= 4 is 29.1 Å². The number of rotatable bonds is 3. The topological polar surface area (TPSA) is 57.6 Å². The average Bonchev–Trinajstić information content (AvgIpc) is 2.72. The number of hydrogen-bond donors (Lipinski definition) is 1. The van der Waals surface area contributed by atoms with E-state index < -0.39 is 12.0 Å². The third-order valence-electron chi connectivity index (χ3n) is 2.96. The van der Waals surface area contributed by atoms with Crippen LogP contribution in [0.25, 0.3) is 0 Å². The number of aliphatic carboxylic acids is 1. The summed E-state index contributed by atoms with van der Waals surface area (Å²) in [5, 5.41) is 9.06. The largest absolute Gasteiger partial charge is 0.480 e. The lowest BCUT2D eigenvalue weighted by molar-refractivity contribution is -0.143. The molecule has 5 heteroatoms. The Kier molecular flexibility index (Phi) is 3.72. The maximum atomic E-state index is 11.7. The molecule has 1 amide bonds. The Bertz CT molecular complexity index is 486. The van der Waals surface area contributed by atoms with E-state index in [1.165, 1.54) is 4.90 Å². The molecule has 2 rings (SSSR count). The monoisotopic (exact) mass is 263 g/mol. The van der Waals surface area contributed by atoms with Crippen LogP contribution in [0, 0.1) is 0 Å². The van der Waals surface area contributed by atoms with Gasteiger partial charge in [0, 0.05) is 12.8 Å². The molecule has 1 heterocycles. The number of hydrogen-bond acceptors (Lipinski definition) is 3. The Morgan fingerprint density at radius 3 is 2.67 bits per heavy atom. The van der Waals surface area contributed by atoms with E-state index in [0.29, 0.717) is 17.8 Å². The van der Waals surface area contributed by atoms with Crippen LogP contribution in [0.2, 0.25) is 0 Å². The fourth-order valence-corrected chi connectivity index (χ4v) is 2.48. The molecule has 1 aromatic carbocycles. The summed E-state index contributed by atoms with van der Waals surface area (Å²) >= 11 is 5.21. The number of thiocarbonyl (C=S) groups is 1. The number of likely N-dealkylation sites (tertiary alicyclic amines) is 1. The van der Waals surface area contributed by atoms with Crippen LogP contribution in [0.5, 0.6) is 0 Å². The zero-order valence-corrected chi connectivity index (χ0v) is 10.5. The van der Waals surface area contributed by atoms with Gasteiger partial charge in [-0.3, -0.25) is 9.69 Å². The van der Waals surface area contributed by atoms with Crippen molar-refractivity contribution in [3.8, 4) is 0 Å². The molecular formula is C13H13NO3S. The molecule has 0 spiro atoms. The molecule has 1 aliphatic heterocycles. The molecule has 0 radical (unpaired) electrons. The van der Waals surface area contributed by atoms with Crippen LogP contribution in [0.1, 0.15) is 18.4 Å². The van der Waals surface area contributed by atoms with Gasteiger partial charge in [0.2, 0.25) is 5.91 Å². The highest BCUT2D eigenvalue weighted by Crippen LogP contribution is 2.21. The smallest absolute Gasteiger partial charge is 0.326 e. The Labute approximate surface area is 110 Å². The maximum Gasteiger partial charge on any atom is 0.326 e. The Hall–Kier alpha value is -1.75. The SMILES string of the molecule is O=C(O)[C@@H]1CCC(=O)N1C(=S)Cc1ccccc1. The van der Waals surface area contributed by atoms with E-state index >= 15 is 0 Å². The van der Waals surface area contributed by atoms with Gasteiger partial charge in [-0.15, -0.1) is 0 Å². The van der Waals surface area contributed by atoms with Crippen LogP contribution >= 0.6 is 12.2 Å². The van der Waals surface area contributed by atoms with Crippen LogP contribution in [-0.2, 0) is 16.0 Å². The number of carboxylic acid groups (broad SMARTS) is 1. The van der Waals surface area contributed by atoms with E-state index in [0.717, 1.165) is 5.56 Å². The lowest BCUT2D eigenvalue weighted by atomic mass is 10.1. The van der Waals surface area contributed by atoms with Gasteiger partial charge in [-0.2, -0.15) is 0 Å². The average molecular weight is 263 g/mol. The van der Waals surface area contributed by atoms with Crippen molar-refractivity contribution in [2.45, 2.75) is 25.3 Å². The predicted octanol–water partition coefficient (Wildman–Crippen LogP) is 1.63. The summed E-state index contributed by atoms with van der Waals surface area (Å²) in [5.74, 6) is -1.18. The molecule has 1 saturated heterocycles. The van der Waals surface area contributed by atoms with Crippen molar-refractivity contribution in [2.75, 3.05) is 0 Å². The first-order chi connectivity index (χ1) is 8.59. The van der Waals surface area contributed by atoms with Crippen molar-refractivity contribution in [3.05, 3.63) is 35.9 Å². The normalized spacial score (nSPS) is 19.0. The first kappa shape index (κ1) is 12.7. The molecule has 94 valence electrons. The van der Waals surface area contributed by atoms with Crippen molar-refractivity contribution in [1.29, 1.82) is 0 Å². The van der Waals surface area contributed by atoms with Gasteiger partial charge in [0.25, 0.3) is 0 Å². The molecule has 0 bridgehead atoms. The minimum Gasteiger partial charge on any atom is -0.480 e. The van der Waals surface area contributed by atoms with E-state index in [-0.39, 0.29) is 12.3 Å². The lowest BCUT2D eigenvalue weighted by Crippen LogP contribution is -2.42. The lowest BCUT2D eigenvalue weighted by Gasteiger charge is -2.22. The van der Waals surface area contributed by atoms with Gasteiger partial charge in [-0.1, -0.05) is 42.5 Å². The highest BCUT2D eigenvalue weighted by atomic mass is 32.1. The van der Waals surface area contributed by atoms with Crippen molar-refractivity contribution < 1.29 is 14.7 Å². The van der Waals surface area contributed by atoms with Crippen molar-refractivity contribution in [3.63, 3.8) is 0 Å². The highest BCUT2D eigenvalue weighted by molar-refractivity contribution is 7.80. The minimum atomic E-state index is -0.990. The molecule has 0 aliphatic carbocycles. The summed E-state index contributed by atoms with van der Waals surface area (Å²) < 4.78 is 0. The number of benzene rings is 1. The fourth-order valence-electron chi connectivity index (χ4n) is 2.09. The van der Waals surface area contributed by atoms with Gasteiger partial charge in [0.05, 0.1) is 4.99 Å². The van der Waals surface area contributed by atoms with Gasteiger partial charge >= 0.3 is 5.97 Å². The van der Waals surface area contributed by atoms with Gasteiger partial charge in [0.1, 0.15) is 6.04 Å². The first-order valence-corrected chi connectivity index (χ1v) is 6.12. The van der Waals surface area contributed by atoms with Gasteiger partial charge in [0.15, 0.2) is 0 Å². The van der Waals surface area contributed by atoms with Crippen LogP contribution in [0.3, 0.4) is 0 Å². The van der Waals surface area contributed by atoms with E-state index in [9.17, 15) is 9.59 Å². The molecule has 1 atom stereocenters. The first-order valence-electron chi connectivity index (χ1n) is 5.71. The van der Waals surface area contributed by atoms with E-state index in [2.05, 4.69) is 0 Å². The molecular weight excluding hydrogens is 250 g/mol. The van der Waals surface area contributed by atoms with Crippen molar-refractivity contribution in [1.82, 2.24) is 4.90 Å². The minimum absolute atomic E-state index is 0.191. The second-order valence-electron chi connectivity index (χ2n) is 4.21. The third kappa shape index (κ3) is 2.56. The fraction of sp³-hybridized carbons (Fsp3) is 0.308. The molecule has 0 aromatic heterocycles. The summed E-state index contributed by atoms with van der Waals surface area (Å²) in [6.07, 6.45) is 1.01. The molecule has 1 aromatic rings. The van der Waals surface area contributed by atoms with E-state index in [1.54, 1.807) is 0 Å². The summed E-state index contributed by atoms with van der Waals surface area (Å²) in [5.41, 5.74) is 0.978. The quantitative estimate of drug-likeness (QED) is 0.842. The summed E-state index contributed by atoms with van der Waals surface area (Å²) in [6.45, 7) is 0. The van der Waals surface area contributed by atoms with Gasteiger partial charge in [-0.25, -0.2) is 4.79 Å². The Morgan fingerprint density at radius 2 is 2.06 bits per heavy atom. The van der Waals surface area contributed by atoms with E-state index in [1.807, 2.05) is 30.3 Å². The second kappa shape index (κ2) is 5.27. The molecule has 4 nitrogen and oxygen atoms in total. The van der Waals surface area contributed by atoms with Crippen molar-refractivity contribution in [2.24, 2.45) is 0 Å².